The zero-order chi connectivity index (χ0) is 14.6. The molecule has 0 radical (unpaired) electrons. The molecule has 0 aliphatic heterocycles. The van der Waals surface area contributed by atoms with Crippen molar-refractivity contribution in [3.05, 3.63) is 58.8 Å². The summed E-state index contributed by atoms with van der Waals surface area (Å²) in [6.07, 6.45) is 2.86. The number of benzene rings is 1. The van der Waals surface area contributed by atoms with E-state index in [0.717, 1.165) is 5.56 Å². The number of aromatic nitrogens is 1. The molecule has 20 heavy (non-hydrogen) atoms. The van der Waals surface area contributed by atoms with Crippen LogP contribution in [0.15, 0.2) is 58.2 Å². The minimum atomic E-state index is -3.61. The monoisotopic (exact) mass is 418 g/mol. The van der Waals surface area contributed by atoms with Crippen molar-refractivity contribution in [3.8, 4) is 0 Å². The van der Waals surface area contributed by atoms with Crippen molar-refractivity contribution >= 4 is 41.9 Å². The van der Waals surface area contributed by atoms with Gasteiger partial charge < -0.3 is 0 Å². The van der Waals surface area contributed by atoms with E-state index in [9.17, 15) is 8.42 Å². The molecule has 1 atom stereocenters. The van der Waals surface area contributed by atoms with Gasteiger partial charge in [-0.2, -0.15) is 0 Å². The Bertz CT molecular complexity index is 678. The molecule has 0 aliphatic rings. The number of halogens is 2. The van der Waals surface area contributed by atoms with Gasteiger partial charge in [-0.25, -0.2) is 13.1 Å². The van der Waals surface area contributed by atoms with Crippen molar-refractivity contribution in [3.63, 3.8) is 0 Å². The normalized spacial score (nSPS) is 13.1. The van der Waals surface area contributed by atoms with Crippen LogP contribution in [0.2, 0.25) is 0 Å². The van der Waals surface area contributed by atoms with Gasteiger partial charge in [0.2, 0.25) is 10.0 Å². The Labute approximate surface area is 134 Å². The summed E-state index contributed by atoms with van der Waals surface area (Å²) in [5, 5.41) is 0.484. The second-order valence-electron chi connectivity index (χ2n) is 4.08. The molecule has 1 unspecified atom stereocenters. The molecule has 2 aromatic rings. The van der Waals surface area contributed by atoms with E-state index in [0.29, 0.717) is 9.80 Å². The van der Waals surface area contributed by atoms with Gasteiger partial charge in [-0.3, -0.25) is 4.98 Å². The standard InChI is InChI=1S/C13H12Br2N2O2S/c14-7-13(10-4-2-1-3-5-10)17-20(18,19)12-6-11(15)8-16-9-12/h1-6,8-9,13,17H,7H2. The first-order chi connectivity index (χ1) is 9.53. The molecule has 0 bridgehead atoms. The van der Waals surface area contributed by atoms with Crippen LogP contribution in [-0.2, 0) is 10.0 Å². The van der Waals surface area contributed by atoms with Crippen molar-refractivity contribution in [1.82, 2.24) is 9.71 Å². The SMILES string of the molecule is O=S(=O)(NC(CBr)c1ccccc1)c1cncc(Br)c1. The quantitative estimate of drug-likeness (QED) is 0.756. The molecule has 106 valence electrons. The average molecular weight is 420 g/mol. The number of nitrogens with one attached hydrogen (secondary N) is 1. The summed E-state index contributed by atoms with van der Waals surface area (Å²) in [4.78, 5) is 4.01. The van der Waals surface area contributed by atoms with Crippen LogP contribution < -0.4 is 4.72 Å². The minimum absolute atomic E-state index is 0.133. The molecule has 0 fully saturated rings. The van der Waals surface area contributed by atoms with Crippen LogP contribution in [0.1, 0.15) is 11.6 Å². The highest BCUT2D eigenvalue weighted by atomic mass is 79.9. The highest BCUT2D eigenvalue weighted by Gasteiger charge is 2.21. The van der Waals surface area contributed by atoms with Gasteiger partial charge in [0, 0.05) is 22.2 Å². The maximum Gasteiger partial charge on any atom is 0.242 e. The Hall–Kier alpha value is -0.760. The molecule has 0 saturated heterocycles. The van der Waals surface area contributed by atoms with Gasteiger partial charge in [0.15, 0.2) is 0 Å². The highest BCUT2D eigenvalue weighted by molar-refractivity contribution is 9.10. The Morgan fingerprint density at radius 2 is 1.90 bits per heavy atom. The summed E-state index contributed by atoms with van der Waals surface area (Å²) >= 11 is 6.56. The maximum absolute atomic E-state index is 12.3. The van der Waals surface area contributed by atoms with Crippen LogP contribution in [0.5, 0.6) is 0 Å². The van der Waals surface area contributed by atoms with Crippen LogP contribution in [0.25, 0.3) is 0 Å². The lowest BCUT2D eigenvalue weighted by atomic mass is 10.1. The molecule has 1 heterocycles. The summed E-state index contributed by atoms with van der Waals surface area (Å²) in [5.74, 6) is 0. The fraction of sp³-hybridized carbons (Fsp3) is 0.154. The van der Waals surface area contributed by atoms with E-state index in [2.05, 4.69) is 41.6 Å². The van der Waals surface area contributed by atoms with Gasteiger partial charge in [0.05, 0.1) is 6.04 Å². The van der Waals surface area contributed by atoms with Crippen LogP contribution in [0.3, 0.4) is 0 Å². The molecule has 0 amide bonds. The minimum Gasteiger partial charge on any atom is -0.262 e. The van der Waals surface area contributed by atoms with Crippen molar-refractivity contribution in [1.29, 1.82) is 0 Å². The lowest BCUT2D eigenvalue weighted by molar-refractivity contribution is 0.568. The van der Waals surface area contributed by atoms with Crippen molar-refractivity contribution in [2.75, 3.05) is 5.33 Å². The molecule has 7 heteroatoms. The third-order valence-electron chi connectivity index (χ3n) is 2.64. The number of pyridine rings is 1. The van der Waals surface area contributed by atoms with Crippen molar-refractivity contribution < 1.29 is 8.42 Å². The fourth-order valence-corrected chi connectivity index (χ4v) is 4.15. The second-order valence-corrected chi connectivity index (χ2v) is 7.35. The molecular formula is C13H12Br2N2O2S. The topological polar surface area (TPSA) is 59.1 Å². The number of hydrogen-bond acceptors (Lipinski definition) is 3. The Balaban J connectivity index is 2.27. The molecule has 1 aromatic heterocycles. The number of nitrogens with zero attached hydrogens (tertiary/aromatic N) is 1. The van der Waals surface area contributed by atoms with E-state index in [-0.39, 0.29) is 10.9 Å². The Kier molecular flexibility index (Phi) is 5.31. The van der Waals surface area contributed by atoms with Gasteiger partial charge in [0.25, 0.3) is 0 Å². The van der Waals surface area contributed by atoms with Gasteiger partial charge in [0.1, 0.15) is 4.90 Å². The molecule has 0 spiro atoms. The average Bonchev–Trinajstić information content (AvgIpc) is 2.46. The number of hydrogen-bond donors (Lipinski definition) is 1. The zero-order valence-corrected chi connectivity index (χ0v) is 14.3. The van der Waals surface area contributed by atoms with Gasteiger partial charge in [-0.1, -0.05) is 46.3 Å². The maximum atomic E-state index is 12.3. The largest absolute Gasteiger partial charge is 0.262 e. The van der Waals surface area contributed by atoms with Gasteiger partial charge >= 0.3 is 0 Å². The van der Waals surface area contributed by atoms with E-state index >= 15 is 0 Å². The molecule has 2 rings (SSSR count). The smallest absolute Gasteiger partial charge is 0.242 e. The summed E-state index contributed by atoms with van der Waals surface area (Å²) in [5.41, 5.74) is 0.899. The molecule has 1 aromatic carbocycles. The first-order valence-electron chi connectivity index (χ1n) is 5.77. The van der Waals surface area contributed by atoms with E-state index < -0.39 is 10.0 Å². The van der Waals surface area contributed by atoms with E-state index in [1.165, 1.54) is 18.5 Å². The summed E-state index contributed by atoms with van der Waals surface area (Å²) in [7, 11) is -3.61. The van der Waals surface area contributed by atoms with Crippen molar-refractivity contribution in [2.45, 2.75) is 10.9 Å². The van der Waals surface area contributed by atoms with Crippen LogP contribution in [0.4, 0.5) is 0 Å². The van der Waals surface area contributed by atoms with Crippen LogP contribution in [-0.4, -0.2) is 18.7 Å². The number of sulfonamides is 1. The second kappa shape index (κ2) is 6.80. The van der Waals surface area contributed by atoms with Gasteiger partial charge in [-0.15, -0.1) is 0 Å². The predicted octanol–water partition coefficient (Wildman–Crippen LogP) is 3.26. The van der Waals surface area contributed by atoms with E-state index in [1.54, 1.807) is 0 Å². The van der Waals surface area contributed by atoms with E-state index in [4.69, 9.17) is 0 Å². The third-order valence-corrected chi connectivity index (χ3v) is 5.16. The number of rotatable bonds is 5. The summed E-state index contributed by atoms with van der Waals surface area (Å²) < 4.78 is 28.0. The first-order valence-corrected chi connectivity index (χ1v) is 9.16. The van der Waals surface area contributed by atoms with Crippen LogP contribution >= 0.6 is 31.9 Å². The third kappa shape index (κ3) is 3.88. The summed E-state index contributed by atoms with van der Waals surface area (Å²) in [6, 6.07) is 10.6. The lowest BCUT2D eigenvalue weighted by Gasteiger charge is -2.16. The van der Waals surface area contributed by atoms with Gasteiger partial charge in [-0.05, 0) is 27.6 Å². The zero-order valence-electron chi connectivity index (χ0n) is 10.3. The highest BCUT2D eigenvalue weighted by Crippen LogP contribution is 2.20. The van der Waals surface area contributed by atoms with E-state index in [1.807, 2.05) is 30.3 Å². The van der Waals surface area contributed by atoms with Crippen molar-refractivity contribution in [2.24, 2.45) is 0 Å². The molecule has 1 N–H and O–H groups in total. The Morgan fingerprint density at radius 3 is 2.50 bits per heavy atom. The number of alkyl halides is 1. The molecule has 0 saturated carbocycles. The first kappa shape index (κ1) is 15.6. The molecule has 0 aliphatic carbocycles. The molecular weight excluding hydrogens is 408 g/mol. The predicted molar refractivity (Wildman–Crippen MR) is 85.2 cm³/mol. The lowest BCUT2D eigenvalue weighted by Crippen LogP contribution is -2.29. The molecule has 4 nitrogen and oxygen atoms in total. The Morgan fingerprint density at radius 1 is 1.20 bits per heavy atom. The van der Waals surface area contributed by atoms with Crippen LogP contribution in [0, 0.1) is 0 Å². The summed E-state index contributed by atoms with van der Waals surface area (Å²) in [6.45, 7) is 0. The fourth-order valence-electron chi connectivity index (χ4n) is 1.67.